The molecule has 3 saturated heterocycles. The first-order valence-electron chi connectivity index (χ1n) is 33.5. The van der Waals surface area contributed by atoms with Crippen molar-refractivity contribution in [2.75, 3.05) is 33.0 Å². The van der Waals surface area contributed by atoms with Crippen LogP contribution in [0.5, 0.6) is 23.0 Å². The highest BCUT2D eigenvalue weighted by Gasteiger charge is 2.58. The van der Waals surface area contributed by atoms with Crippen LogP contribution in [-0.2, 0) is 84.6 Å². The number of aliphatic hydroxyl groups excluding tert-OH is 6. The maximum Gasteiger partial charge on any atom is 0.404 e. The van der Waals surface area contributed by atoms with Crippen LogP contribution in [0, 0.1) is 0 Å². The van der Waals surface area contributed by atoms with Crippen molar-refractivity contribution < 1.29 is 131 Å². The molecule has 0 radical (unpaired) electrons. The molecule has 0 saturated carbocycles. The summed E-state index contributed by atoms with van der Waals surface area (Å²) in [5.74, 6) is -4.68. The van der Waals surface area contributed by atoms with Gasteiger partial charge in [-0.05, 0) is 42.8 Å². The van der Waals surface area contributed by atoms with E-state index in [0.29, 0.717) is 29.7 Å². The summed E-state index contributed by atoms with van der Waals surface area (Å²) in [6.07, 6.45) is -11.1. The van der Waals surface area contributed by atoms with Crippen LogP contribution in [0.4, 0.5) is 4.79 Å². The Kier molecular flexibility index (Phi) is 27.3. The Morgan fingerprint density at radius 1 is 0.683 bits per heavy atom. The number of primary amides is 2. The third kappa shape index (κ3) is 19.2. The molecule has 36 heteroatoms. The number of aromatic hydroxyl groups is 2. The van der Waals surface area contributed by atoms with Crippen LogP contribution in [0.25, 0.3) is 0 Å². The van der Waals surface area contributed by atoms with Crippen molar-refractivity contribution in [2.24, 2.45) is 11.5 Å². The number of hydrogen-bond acceptors (Lipinski definition) is 29. The maximum absolute atomic E-state index is 13.8. The van der Waals surface area contributed by atoms with Crippen LogP contribution < -0.4 is 37.0 Å². The molecule has 9 rings (SSSR count). The van der Waals surface area contributed by atoms with Crippen LogP contribution in [0.15, 0.2) is 60.8 Å². The average molecular weight is 1440 g/mol. The number of unbranched alkanes of at least 4 members (excludes halogenated alkanes) is 13. The first-order valence-corrected chi connectivity index (χ1v) is 35.0. The molecule has 7 unspecified atom stereocenters. The quantitative estimate of drug-likeness (QED) is 0.0167. The van der Waals surface area contributed by atoms with E-state index in [1.165, 1.54) is 119 Å². The molecule has 5 aliphatic heterocycles. The Labute approximate surface area is 579 Å². The van der Waals surface area contributed by atoms with E-state index >= 15 is 0 Å². The van der Waals surface area contributed by atoms with Crippen LogP contribution in [-0.4, -0.2) is 217 Å². The molecule has 15 N–H and O–H groups in total. The number of esters is 1. The molecule has 3 aromatic carbocycles. The number of benzene rings is 3. The highest BCUT2D eigenvalue weighted by molar-refractivity contribution is 7.45. The fourth-order valence-electron chi connectivity index (χ4n) is 12.8. The van der Waals surface area contributed by atoms with E-state index in [9.17, 15) is 79.1 Å². The molecule has 6 heterocycles. The lowest BCUT2D eigenvalue weighted by atomic mass is 9.77. The number of carbonyl (C=O) groups is 6. The Bertz CT molecular complexity index is 3500. The smallest absolute Gasteiger partial charge is 0.404 e. The number of ether oxygens (including phenoxy) is 9. The predicted octanol–water partition coefficient (Wildman–Crippen LogP) is 0.499. The van der Waals surface area contributed by atoms with Gasteiger partial charge in [-0.2, -0.15) is 0 Å². The number of fused-ring (bicyclic) bond motifs is 6. The van der Waals surface area contributed by atoms with Crippen molar-refractivity contribution in [1.82, 2.24) is 30.9 Å². The zero-order valence-corrected chi connectivity index (χ0v) is 56.5. The molecule has 1 spiro atoms. The largest absolute Gasteiger partial charge is 0.756 e. The normalized spacial score (nSPS) is 27.0. The number of nitrogens with zero attached hydrogens (tertiary/aromatic N) is 3. The summed E-state index contributed by atoms with van der Waals surface area (Å²) in [4.78, 5) is 92.4. The van der Waals surface area contributed by atoms with Gasteiger partial charge in [0.25, 0.3) is 13.7 Å². The van der Waals surface area contributed by atoms with Crippen LogP contribution in [0.2, 0.25) is 0 Å². The number of hydrogen-bond donors (Lipinski definition) is 13. The van der Waals surface area contributed by atoms with Crippen molar-refractivity contribution in [1.29, 1.82) is 0 Å². The highest BCUT2D eigenvalue weighted by Crippen LogP contribution is 2.57. The minimum atomic E-state index is -5.57. The van der Waals surface area contributed by atoms with Gasteiger partial charge in [0.05, 0.1) is 44.7 Å². The molecule has 0 bridgehead atoms. The van der Waals surface area contributed by atoms with E-state index in [0.717, 1.165) is 37.3 Å². The number of nitrogens with one attached hydrogen (secondary N) is 3. The summed E-state index contributed by atoms with van der Waals surface area (Å²) in [5.41, 5.74) is 10.5. The van der Waals surface area contributed by atoms with E-state index in [1.54, 1.807) is 0 Å². The number of aliphatic hydroxyl groups is 6. The molecule has 5 amide bonds. The van der Waals surface area contributed by atoms with Crippen molar-refractivity contribution >= 4 is 43.5 Å². The van der Waals surface area contributed by atoms with Gasteiger partial charge < -0.3 is 120 Å². The number of carbonyl (C=O) groups excluding carboxylic acids is 6. The maximum atomic E-state index is 13.8. The number of rotatable bonds is 36. The fraction of sp³-hybridized carbons (Fsp3) is 0.600. The SMILES string of the molecule is CCCCCCCCCCCCCCCCOCCOP(=O)([O-])O[C@@H]1OC(C(N)=O)[C@@H](O)[C@H](OC(N)=O)C1O[C@@H]1OC(CO)[C@@H](O[C@@H]2OC(CO)[C@H](O)[C@H](O)C2NC(=O)Cn2cc(CNC(=O)c3ccc4c(c3)C(=O)OC43c4ccc(O)cc4Oc4cc(O)ccc43)nn2)[C@H](O)C1NC(C)=O. The molecule has 16 atom stereocenters. The molecule has 5 aliphatic rings. The van der Waals surface area contributed by atoms with Crippen molar-refractivity contribution in [3.63, 3.8) is 0 Å². The van der Waals surface area contributed by atoms with Gasteiger partial charge >= 0.3 is 12.1 Å². The number of nitrogens with two attached hydrogens (primary N) is 2. The number of phosphoric ester groups is 1. The number of aromatic nitrogens is 3. The first-order chi connectivity index (χ1) is 48.4. The Morgan fingerprint density at radius 3 is 1.86 bits per heavy atom. The molecule has 101 heavy (non-hydrogen) atoms. The Balaban J connectivity index is 0.814. The van der Waals surface area contributed by atoms with E-state index in [1.807, 2.05) is 0 Å². The van der Waals surface area contributed by atoms with Crippen molar-refractivity contribution in [3.05, 3.63) is 94.3 Å². The standard InChI is InChI=1S/C65H89N8O27P/c1-3-4-5-6-7-8-9-10-11-12-13-14-15-16-23-90-24-25-91-101(88,89)100-63-57(55(98-64(67)87)53(83)56(96-63)58(66)84)97-62-49(69-34(2)76)52(82)54(46(33-75)94-62)95-61-48(51(81)50(80)45(32-74)93-61)70-47(79)31-73-30-36(71-72-73)29-68-59(85)35-17-20-40-39(26-35)60(86)99-65(40)41-21-18-37(77)27-43(41)92-44-28-38(78)19-22-42(44)65/h17-22,26-28,30,45-46,48-57,61-63,74-75,77-78,80-83H,3-16,23-25,29,31-33H2,1-2H3,(H2,66,84)(H2,67,87)(H,68,85)(H,69,76)(H,70,79)(H,88,89)/p-1/t45?,46?,48?,49?,50-,51+,52+,53-,54+,55-,56?,57?,61-,62-,63-/m0/s1. The minimum absolute atomic E-state index is 0.0318. The lowest BCUT2D eigenvalue weighted by molar-refractivity contribution is -0.361. The molecule has 4 aromatic rings. The van der Waals surface area contributed by atoms with Crippen LogP contribution in [0.3, 0.4) is 0 Å². The number of phenols is 2. The van der Waals surface area contributed by atoms with E-state index in [-0.39, 0.29) is 53.0 Å². The summed E-state index contributed by atoms with van der Waals surface area (Å²) in [6, 6.07) is 9.15. The van der Waals surface area contributed by atoms with E-state index in [2.05, 4.69) is 33.2 Å². The predicted molar refractivity (Wildman–Crippen MR) is 342 cm³/mol. The van der Waals surface area contributed by atoms with Gasteiger partial charge in [0.1, 0.15) is 90.0 Å². The number of amides is 5. The van der Waals surface area contributed by atoms with Gasteiger partial charge in [-0.25, -0.2) is 14.3 Å². The lowest BCUT2D eigenvalue weighted by Gasteiger charge is -2.50. The van der Waals surface area contributed by atoms with E-state index in [4.69, 9.17) is 63.1 Å². The molecule has 556 valence electrons. The summed E-state index contributed by atoms with van der Waals surface area (Å²) in [5, 5.41) is 103. The molecule has 35 nitrogen and oxygen atoms in total. The zero-order valence-electron chi connectivity index (χ0n) is 55.6. The summed E-state index contributed by atoms with van der Waals surface area (Å²) >= 11 is 0. The fourth-order valence-corrected chi connectivity index (χ4v) is 13.6. The third-order valence-electron chi connectivity index (χ3n) is 17.8. The van der Waals surface area contributed by atoms with Gasteiger partial charge in [-0.1, -0.05) is 102 Å². The summed E-state index contributed by atoms with van der Waals surface area (Å²) < 4.78 is 76.9. The average Bonchev–Trinajstić information content (AvgIpc) is 1.60. The Morgan fingerprint density at radius 2 is 1.27 bits per heavy atom. The number of phosphoric acid groups is 1. The topological polar surface area (TPSA) is 525 Å². The molecular formula is C65H88N8O27P-. The van der Waals surface area contributed by atoms with Gasteiger partial charge in [-0.15, -0.1) is 5.10 Å². The van der Waals surface area contributed by atoms with Gasteiger partial charge in [0.2, 0.25) is 17.7 Å². The zero-order chi connectivity index (χ0) is 72.7. The second-order valence-electron chi connectivity index (χ2n) is 25.1. The summed E-state index contributed by atoms with van der Waals surface area (Å²) in [6.45, 7) is -0.310. The first kappa shape index (κ1) is 77.6. The van der Waals surface area contributed by atoms with E-state index < -0.39 is 167 Å². The molecule has 3 fully saturated rings. The highest BCUT2D eigenvalue weighted by atomic mass is 31.2. The van der Waals surface area contributed by atoms with Crippen LogP contribution in [0.1, 0.15) is 147 Å². The van der Waals surface area contributed by atoms with Crippen molar-refractivity contribution in [3.8, 4) is 23.0 Å². The van der Waals surface area contributed by atoms with Gasteiger partial charge in [-0.3, -0.25) is 28.3 Å². The van der Waals surface area contributed by atoms with Gasteiger partial charge in [0, 0.05) is 47.9 Å². The lowest BCUT2D eigenvalue weighted by Crippen LogP contribution is -2.70. The minimum Gasteiger partial charge on any atom is -0.756 e. The monoisotopic (exact) mass is 1440 g/mol. The second-order valence-corrected chi connectivity index (χ2v) is 26.5. The molecule has 0 aliphatic carbocycles. The van der Waals surface area contributed by atoms with Crippen LogP contribution >= 0.6 is 7.82 Å². The number of phenolic OH excluding ortho intramolecular Hbond substituents is 2. The van der Waals surface area contributed by atoms with Crippen molar-refractivity contribution in [2.45, 2.75) is 214 Å². The third-order valence-corrected chi connectivity index (χ3v) is 18.7. The molecular weight excluding hydrogens is 1360 g/mol. The second kappa shape index (κ2) is 35.6. The molecule has 1 aromatic heterocycles. The Hall–Kier alpha value is -7.55. The summed E-state index contributed by atoms with van der Waals surface area (Å²) in [7, 11) is -5.57. The van der Waals surface area contributed by atoms with Gasteiger partial charge in [0.15, 0.2) is 42.8 Å².